The maximum Gasteiger partial charge on any atom is 0.0587 e. The molecule has 1 aromatic heterocycles. The number of hydrogen-bond acceptors (Lipinski definition) is 2. The van der Waals surface area contributed by atoms with E-state index in [4.69, 9.17) is 4.74 Å². The normalized spacial score (nSPS) is 12.9. The summed E-state index contributed by atoms with van der Waals surface area (Å²) in [6.07, 6.45) is 3.52. The van der Waals surface area contributed by atoms with Crippen LogP contribution in [0.25, 0.3) is 10.9 Å². The minimum Gasteiger partial charge on any atom is -0.383 e. The molecule has 3 heteroatoms. The minimum atomic E-state index is 0.708. The number of hydrogen-bond donors (Lipinski definition) is 1. The molecule has 20 heavy (non-hydrogen) atoms. The first-order chi connectivity index (χ1) is 9.76. The molecular weight excluding hydrogens is 248 g/mol. The molecule has 0 spiro atoms. The van der Waals surface area contributed by atoms with Crippen LogP contribution >= 0.6 is 0 Å². The van der Waals surface area contributed by atoms with Crippen LogP contribution in [0.3, 0.4) is 0 Å². The van der Waals surface area contributed by atoms with Gasteiger partial charge in [-0.2, -0.15) is 0 Å². The highest BCUT2D eigenvalue weighted by Gasteiger charge is 2.09. The Kier molecular flexibility index (Phi) is 5.62. The predicted octanol–water partition coefficient (Wildman–Crippen LogP) is 3.42. The van der Waals surface area contributed by atoms with Crippen LogP contribution in [0, 0.1) is 5.92 Å². The first kappa shape index (κ1) is 15.1. The van der Waals surface area contributed by atoms with Crippen molar-refractivity contribution in [1.29, 1.82) is 0 Å². The Hall–Kier alpha value is -1.32. The number of ether oxygens (including phenoxy) is 1. The number of nitrogens with one attached hydrogen (secondary N) is 1. The zero-order valence-corrected chi connectivity index (χ0v) is 12.9. The van der Waals surface area contributed by atoms with Gasteiger partial charge in [0, 0.05) is 43.8 Å². The minimum absolute atomic E-state index is 0.708. The van der Waals surface area contributed by atoms with E-state index in [-0.39, 0.29) is 0 Å². The molecule has 0 fully saturated rings. The molecule has 1 atom stereocenters. The van der Waals surface area contributed by atoms with Crippen LogP contribution in [0.2, 0.25) is 0 Å². The molecule has 3 nitrogen and oxygen atoms in total. The van der Waals surface area contributed by atoms with Crippen molar-refractivity contribution in [3.63, 3.8) is 0 Å². The van der Waals surface area contributed by atoms with E-state index in [0.29, 0.717) is 5.92 Å². The Morgan fingerprint density at radius 2 is 2.10 bits per heavy atom. The average molecular weight is 274 g/mol. The maximum absolute atomic E-state index is 5.07. The molecule has 0 saturated carbocycles. The molecule has 0 aliphatic rings. The zero-order chi connectivity index (χ0) is 14.4. The van der Waals surface area contributed by atoms with Gasteiger partial charge in [-0.3, -0.25) is 0 Å². The van der Waals surface area contributed by atoms with E-state index in [2.05, 4.69) is 54.2 Å². The summed E-state index contributed by atoms with van der Waals surface area (Å²) in [6, 6.07) is 8.68. The lowest BCUT2D eigenvalue weighted by Gasteiger charge is -2.10. The van der Waals surface area contributed by atoms with Gasteiger partial charge in [-0.25, -0.2) is 0 Å². The van der Waals surface area contributed by atoms with Gasteiger partial charge >= 0.3 is 0 Å². The van der Waals surface area contributed by atoms with E-state index in [1.165, 1.54) is 22.9 Å². The molecule has 1 heterocycles. The van der Waals surface area contributed by atoms with Crippen LogP contribution in [-0.2, 0) is 17.8 Å². The lowest BCUT2D eigenvalue weighted by molar-refractivity contribution is 0.199. The van der Waals surface area contributed by atoms with Crippen molar-refractivity contribution in [3.8, 4) is 0 Å². The molecule has 0 bridgehead atoms. The second-order valence-corrected chi connectivity index (χ2v) is 5.51. The van der Waals surface area contributed by atoms with Crippen molar-refractivity contribution in [1.82, 2.24) is 9.88 Å². The van der Waals surface area contributed by atoms with Gasteiger partial charge in [0.1, 0.15) is 0 Å². The number of rotatable bonds is 8. The highest BCUT2D eigenvalue weighted by Crippen LogP contribution is 2.22. The number of nitrogens with zero attached hydrogens (tertiary/aromatic N) is 1. The Morgan fingerprint density at radius 1 is 1.30 bits per heavy atom. The zero-order valence-electron chi connectivity index (χ0n) is 12.9. The van der Waals surface area contributed by atoms with Crippen LogP contribution < -0.4 is 5.32 Å². The van der Waals surface area contributed by atoms with Crippen molar-refractivity contribution < 1.29 is 4.74 Å². The molecular formula is C17H26N2O. The summed E-state index contributed by atoms with van der Waals surface area (Å²) < 4.78 is 7.47. The van der Waals surface area contributed by atoms with Crippen molar-refractivity contribution in [2.24, 2.45) is 5.92 Å². The van der Waals surface area contributed by atoms with Crippen molar-refractivity contribution >= 4 is 10.9 Å². The summed E-state index contributed by atoms with van der Waals surface area (Å²) in [7, 11) is 1.74. The molecule has 2 rings (SSSR count). The second-order valence-electron chi connectivity index (χ2n) is 5.51. The molecule has 0 radical (unpaired) electrons. The van der Waals surface area contributed by atoms with Crippen LogP contribution in [0.5, 0.6) is 0 Å². The second kappa shape index (κ2) is 7.46. The predicted molar refractivity (Wildman–Crippen MR) is 85.0 cm³/mol. The smallest absolute Gasteiger partial charge is 0.0587 e. The molecule has 1 N–H and O–H groups in total. The Bertz CT molecular complexity index is 533. The van der Waals surface area contributed by atoms with Crippen molar-refractivity contribution in [2.75, 3.05) is 20.3 Å². The first-order valence-corrected chi connectivity index (χ1v) is 7.52. The van der Waals surface area contributed by atoms with E-state index in [0.717, 1.165) is 26.2 Å². The maximum atomic E-state index is 5.07. The SMILES string of the molecule is CCC(C)Cn1cc(CNCCOC)c2ccccc21. The molecule has 0 saturated heterocycles. The number of para-hydroxylation sites is 1. The molecule has 1 aromatic carbocycles. The summed E-state index contributed by atoms with van der Waals surface area (Å²) >= 11 is 0. The fourth-order valence-electron chi connectivity index (χ4n) is 2.48. The van der Waals surface area contributed by atoms with Gasteiger partial charge in [-0.05, 0) is 17.5 Å². The molecule has 2 aromatic rings. The fourth-order valence-corrected chi connectivity index (χ4v) is 2.48. The molecule has 1 unspecified atom stereocenters. The molecule has 0 aliphatic carbocycles. The topological polar surface area (TPSA) is 26.2 Å². The van der Waals surface area contributed by atoms with Crippen molar-refractivity contribution in [3.05, 3.63) is 36.0 Å². The van der Waals surface area contributed by atoms with Gasteiger partial charge in [-0.1, -0.05) is 38.5 Å². The third kappa shape index (κ3) is 3.62. The van der Waals surface area contributed by atoms with Crippen molar-refractivity contribution in [2.45, 2.75) is 33.4 Å². The lowest BCUT2D eigenvalue weighted by atomic mass is 10.1. The van der Waals surface area contributed by atoms with Crippen LogP contribution in [-0.4, -0.2) is 24.8 Å². The van der Waals surface area contributed by atoms with Crippen LogP contribution in [0.1, 0.15) is 25.8 Å². The number of methoxy groups -OCH3 is 1. The number of aromatic nitrogens is 1. The first-order valence-electron chi connectivity index (χ1n) is 7.52. The third-order valence-corrected chi connectivity index (χ3v) is 3.87. The number of benzene rings is 1. The Labute approximate surface area is 121 Å². The Morgan fingerprint density at radius 3 is 2.85 bits per heavy atom. The van der Waals surface area contributed by atoms with E-state index in [1.54, 1.807) is 7.11 Å². The Balaban J connectivity index is 2.17. The molecule has 0 aliphatic heterocycles. The summed E-state index contributed by atoms with van der Waals surface area (Å²) in [5.74, 6) is 0.708. The van der Waals surface area contributed by atoms with E-state index < -0.39 is 0 Å². The van der Waals surface area contributed by atoms with E-state index in [1.807, 2.05) is 0 Å². The third-order valence-electron chi connectivity index (χ3n) is 3.87. The quantitative estimate of drug-likeness (QED) is 0.746. The van der Waals surface area contributed by atoms with Gasteiger partial charge < -0.3 is 14.6 Å². The van der Waals surface area contributed by atoms with Gasteiger partial charge in [0.05, 0.1) is 6.61 Å². The molecule has 0 amide bonds. The largest absolute Gasteiger partial charge is 0.383 e. The highest BCUT2D eigenvalue weighted by molar-refractivity contribution is 5.83. The van der Waals surface area contributed by atoms with E-state index in [9.17, 15) is 0 Å². The van der Waals surface area contributed by atoms with Gasteiger partial charge in [0.25, 0.3) is 0 Å². The van der Waals surface area contributed by atoms with Gasteiger partial charge in [0.15, 0.2) is 0 Å². The summed E-state index contributed by atoms with van der Waals surface area (Å²) in [5, 5.41) is 4.80. The monoisotopic (exact) mass is 274 g/mol. The fraction of sp³-hybridized carbons (Fsp3) is 0.529. The summed E-state index contributed by atoms with van der Waals surface area (Å²) in [6.45, 7) is 8.20. The van der Waals surface area contributed by atoms with Crippen LogP contribution in [0.15, 0.2) is 30.5 Å². The van der Waals surface area contributed by atoms with Gasteiger partial charge in [0.2, 0.25) is 0 Å². The highest BCUT2D eigenvalue weighted by atomic mass is 16.5. The summed E-state index contributed by atoms with van der Waals surface area (Å²) in [4.78, 5) is 0. The molecule has 110 valence electrons. The standard InChI is InChI=1S/C17H26N2O/c1-4-14(2)12-19-13-15(11-18-9-10-20-3)16-7-5-6-8-17(16)19/h5-8,13-14,18H,4,9-12H2,1-3H3. The van der Waals surface area contributed by atoms with Crippen LogP contribution in [0.4, 0.5) is 0 Å². The van der Waals surface area contributed by atoms with Gasteiger partial charge in [-0.15, -0.1) is 0 Å². The summed E-state index contributed by atoms with van der Waals surface area (Å²) in [5.41, 5.74) is 2.72. The lowest BCUT2D eigenvalue weighted by Crippen LogP contribution is -2.18. The average Bonchev–Trinajstić information content (AvgIpc) is 2.82. The van der Waals surface area contributed by atoms with E-state index >= 15 is 0 Å². The number of fused-ring (bicyclic) bond motifs is 1.